The molecule has 1 atom stereocenters. The van der Waals surface area contributed by atoms with Gasteiger partial charge in [-0.2, -0.15) is 11.8 Å². The minimum absolute atomic E-state index is 0.149. The third-order valence-electron chi connectivity index (χ3n) is 4.27. The van der Waals surface area contributed by atoms with E-state index in [2.05, 4.69) is 20.0 Å². The molecule has 29 heavy (non-hydrogen) atoms. The number of nitrogens with zero attached hydrogens (tertiary/aromatic N) is 1. The Bertz CT molecular complexity index is 1040. The average Bonchev–Trinajstić information content (AvgIpc) is 3.30. The van der Waals surface area contributed by atoms with Crippen molar-refractivity contribution in [1.29, 1.82) is 0 Å². The lowest BCUT2D eigenvalue weighted by molar-refractivity contribution is 0.0938. The first kappa shape index (κ1) is 21.8. The summed E-state index contributed by atoms with van der Waals surface area (Å²) in [5.41, 5.74) is 1.82. The Labute approximate surface area is 178 Å². The molecule has 10 heteroatoms. The monoisotopic (exact) mass is 452 g/mol. The number of para-hydroxylation sites is 2. The quantitative estimate of drug-likeness (QED) is 0.439. The third-order valence-corrected chi connectivity index (χ3v) is 6.79. The van der Waals surface area contributed by atoms with Gasteiger partial charge in [-0.3, -0.25) is 4.79 Å². The van der Waals surface area contributed by atoms with Crippen LogP contribution in [0.2, 0.25) is 0 Å². The number of sulfonamides is 1. The highest BCUT2D eigenvalue weighted by Crippen LogP contribution is 2.22. The number of hydrogen-bond acceptors (Lipinski definition) is 6. The van der Waals surface area contributed by atoms with Gasteiger partial charge in [-0.15, -0.1) is 11.3 Å². The van der Waals surface area contributed by atoms with Crippen molar-refractivity contribution >= 4 is 50.1 Å². The molecule has 3 rings (SSSR count). The summed E-state index contributed by atoms with van der Waals surface area (Å²) in [7, 11) is -3.21. The van der Waals surface area contributed by atoms with Gasteiger partial charge in [0.05, 0.1) is 28.2 Å². The zero-order valence-corrected chi connectivity index (χ0v) is 18.7. The molecule has 156 valence electrons. The van der Waals surface area contributed by atoms with E-state index in [0.29, 0.717) is 17.8 Å². The van der Waals surface area contributed by atoms with Gasteiger partial charge in [0.2, 0.25) is 10.0 Å². The number of carbonyl (C=O) groups excluding carboxylic acids is 1. The highest BCUT2D eigenvalue weighted by molar-refractivity contribution is 7.98. The largest absolute Gasteiger partial charge is 0.341 e. The zero-order valence-electron chi connectivity index (χ0n) is 16.3. The number of thioether (sulfide) groups is 1. The van der Waals surface area contributed by atoms with E-state index in [1.165, 1.54) is 11.3 Å². The van der Waals surface area contributed by atoms with Gasteiger partial charge in [0.1, 0.15) is 5.82 Å². The predicted octanol–water partition coefficient (Wildman–Crippen LogP) is 2.94. The van der Waals surface area contributed by atoms with Crippen LogP contribution in [-0.4, -0.2) is 49.1 Å². The van der Waals surface area contributed by atoms with E-state index in [4.69, 9.17) is 0 Å². The Morgan fingerprint density at radius 2 is 2.07 bits per heavy atom. The lowest BCUT2D eigenvalue weighted by atomic mass is 10.2. The molecule has 0 saturated heterocycles. The fourth-order valence-corrected chi connectivity index (χ4v) is 4.73. The van der Waals surface area contributed by atoms with Crippen LogP contribution in [0.15, 0.2) is 36.4 Å². The number of nitrogens with one attached hydrogen (secondary N) is 3. The molecule has 7 nitrogen and oxygen atoms in total. The Morgan fingerprint density at radius 1 is 1.28 bits per heavy atom. The molecule has 0 saturated carbocycles. The van der Waals surface area contributed by atoms with Gasteiger partial charge in [-0.25, -0.2) is 18.1 Å². The van der Waals surface area contributed by atoms with E-state index < -0.39 is 10.0 Å². The average molecular weight is 453 g/mol. The molecule has 0 unspecified atom stereocenters. The molecule has 2 aromatic heterocycles. The molecule has 2 heterocycles. The first-order chi connectivity index (χ1) is 13.9. The molecule has 3 aromatic rings. The summed E-state index contributed by atoms with van der Waals surface area (Å²) in [6.45, 7) is 0.315. The summed E-state index contributed by atoms with van der Waals surface area (Å²) in [5, 5.41) is 3.09. The van der Waals surface area contributed by atoms with Gasteiger partial charge >= 0.3 is 0 Å². The lowest BCUT2D eigenvalue weighted by Crippen LogP contribution is -2.29. The van der Waals surface area contributed by atoms with Crippen LogP contribution < -0.4 is 10.0 Å². The van der Waals surface area contributed by atoms with Gasteiger partial charge in [-0.05, 0) is 49.1 Å². The molecule has 0 bridgehead atoms. The Hall–Kier alpha value is -1.88. The maximum absolute atomic E-state index is 12.8. The van der Waals surface area contributed by atoms with Crippen LogP contribution >= 0.6 is 23.1 Å². The van der Waals surface area contributed by atoms with Crippen molar-refractivity contribution in [2.45, 2.75) is 18.9 Å². The van der Waals surface area contributed by atoms with E-state index in [0.717, 1.165) is 40.2 Å². The summed E-state index contributed by atoms with van der Waals surface area (Å²) in [6, 6.07) is 11.2. The summed E-state index contributed by atoms with van der Waals surface area (Å²) in [6.07, 6.45) is 4.48. The topological polar surface area (TPSA) is 104 Å². The SMILES string of the molecule is CSCC[C@@H](NC(=O)c1ccc(CCNS(C)(=O)=O)s1)c1nc2ccccc2[nH]1. The first-order valence-corrected chi connectivity index (χ1v) is 13.2. The molecule has 1 amide bonds. The third kappa shape index (κ3) is 6.30. The van der Waals surface area contributed by atoms with Gasteiger partial charge in [-0.1, -0.05) is 12.1 Å². The molecule has 0 fully saturated rings. The van der Waals surface area contributed by atoms with E-state index in [-0.39, 0.29) is 11.9 Å². The number of benzene rings is 1. The van der Waals surface area contributed by atoms with Crippen LogP contribution in [0.4, 0.5) is 0 Å². The molecule has 3 N–H and O–H groups in total. The summed E-state index contributed by atoms with van der Waals surface area (Å²) in [4.78, 5) is 22.3. The van der Waals surface area contributed by atoms with Crippen LogP contribution in [0.1, 0.15) is 32.8 Å². The summed E-state index contributed by atoms with van der Waals surface area (Å²) in [5.74, 6) is 1.50. The van der Waals surface area contributed by atoms with Gasteiger partial charge in [0, 0.05) is 11.4 Å². The fraction of sp³-hybridized carbons (Fsp3) is 0.368. The van der Waals surface area contributed by atoms with Crippen LogP contribution in [-0.2, 0) is 16.4 Å². The van der Waals surface area contributed by atoms with E-state index >= 15 is 0 Å². The van der Waals surface area contributed by atoms with Crippen LogP contribution in [0.25, 0.3) is 11.0 Å². The lowest BCUT2D eigenvalue weighted by Gasteiger charge is -2.15. The van der Waals surface area contributed by atoms with Crippen molar-refractivity contribution in [2.24, 2.45) is 0 Å². The maximum Gasteiger partial charge on any atom is 0.261 e. The number of fused-ring (bicyclic) bond motifs is 1. The van der Waals surface area contributed by atoms with Crippen molar-refractivity contribution in [2.75, 3.05) is 24.8 Å². The standard InChI is InChI=1S/C19H24N4O3S3/c1-27-12-10-16(18-21-14-5-3-4-6-15(14)22-18)23-19(24)17-8-7-13(28-17)9-11-20-29(2,25)26/h3-8,16,20H,9-12H2,1-2H3,(H,21,22)(H,23,24)/t16-/m1/s1. The van der Waals surface area contributed by atoms with Crippen molar-refractivity contribution in [3.05, 3.63) is 52.0 Å². The van der Waals surface area contributed by atoms with E-state index in [1.807, 2.05) is 36.6 Å². The van der Waals surface area contributed by atoms with Gasteiger partial charge in [0.15, 0.2) is 0 Å². The number of aromatic amines is 1. The van der Waals surface area contributed by atoms with Crippen molar-refractivity contribution in [1.82, 2.24) is 20.0 Å². The minimum Gasteiger partial charge on any atom is -0.341 e. The zero-order chi connectivity index (χ0) is 20.9. The van der Waals surface area contributed by atoms with Crippen LogP contribution in [0.3, 0.4) is 0 Å². The molecule has 0 aliphatic heterocycles. The van der Waals surface area contributed by atoms with Gasteiger partial charge < -0.3 is 10.3 Å². The minimum atomic E-state index is -3.21. The van der Waals surface area contributed by atoms with Crippen molar-refractivity contribution in [3.63, 3.8) is 0 Å². The second-order valence-electron chi connectivity index (χ2n) is 6.63. The van der Waals surface area contributed by atoms with Crippen molar-refractivity contribution < 1.29 is 13.2 Å². The molecule has 0 aliphatic carbocycles. The fourth-order valence-electron chi connectivity index (χ4n) is 2.87. The number of carbonyl (C=O) groups is 1. The first-order valence-electron chi connectivity index (χ1n) is 9.13. The van der Waals surface area contributed by atoms with Crippen LogP contribution in [0.5, 0.6) is 0 Å². The molecular formula is C19H24N4O3S3. The molecule has 0 radical (unpaired) electrons. The molecular weight excluding hydrogens is 428 g/mol. The number of rotatable bonds is 10. The number of amides is 1. The Kier molecular flexibility index (Phi) is 7.33. The molecule has 0 spiro atoms. The van der Waals surface area contributed by atoms with Gasteiger partial charge in [0.25, 0.3) is 5.91 Å². The summed E-state index contributed by atoms with van der Waals surface area (Å²) >= 11 is 3.10. The Morgan fingerprint density at radius 3 is 2.79 bits per heavy atom. The number of imidazole rings is 1. The highest BCUT2D eigenvalue weighted by Gasteiger charge is 2.20. The number of H-pyrrole nitrogens is 1. The Balaban J connectivity index is 1.68. The van der Waals surface area contributed by atoms with Crippen LogP contribution in [0, 0.1) is 0 Å². The number of aromatic nitrogens is 2. The summed E-state index contributed by atoms with van der Waals surface area (Å²) < 4.78 is 24.8. The maximum atomic E-state index is 12.8. The second kappa shape index (κ2) is 9.75. The van der Waals surface area contributed by atoms with Crippen molar-refractivity contribution in [3.8, 4) is 0 Å². The molecule has 0 aliphatic rings. The molecule has 1 aromatic carbocycles. The number of thiophene rings is 1. The second-order valence-corrected chi connectivity index (χ2v) is 10.6. The normalized spacial score (nSPS) is 12.9. The number of hydrogen-bond donors (Lipinski definition) is 3. The van der Waals surface area contributed by atoms with E-state index in [1.54, 1.807) is 17.8 Å². The highest BCUT2D eigenvalue weighted by atomic mass is 32.2. The van der Waals surface area contributed by atoms with E-state index in [9.17, 15) is 13.2 Å². The smallest absolute Gasteiger partial charge is 0.261 e. The predicted molar refractivity (Wildman–Crippen MR) is 120 cm³/mol.